The highest BCUT2D eigenvalue weighted by atomic mass is 16.2. The average molecular weight is 1200 g/mol. The molecule has 0 spiro atoms. The van der Waals surface area contributed by atoms with Crippen LogP contribution in [0.1, 0.15) is 84.9 Å². The first-order chi connectivity index (χ1) is 40.9. The normalized spacial score (nSPS) is 12.3. The molecule has 3 aromatic rings. The maximum atomic E-state index is 14.4. The molecule has 1 heterocycles. The van der Waals surface area contributed by atoms with Gasteiger partial charge in [0, 0.05) is 55.1 Å². The Hall–Kier alpha value is -10.9. The van der Waals surface area contributed by atoms with Crippen LogP contribution in [0.3, 0.4) is 0 Å². The van der Waals surface area contributed by atoms with E-state index in [1.807, 2.05) is 0 Å². The average Bonchev–Trinajstić information content (AvgIpc) is 3.71. The van der Waals surface area contributed by atoms with Gasteiger partial charge in [0.1, 0.15) is 30.2 Å². The number of H-pyrrole nitrogens is 1. The minimum absolute atomic E-state index is 0.00132. The molecule has 37 heteroatoms. The maximum Gasteiger partial charge on any atom is 0.255 e. The Morgan fingerprint density at radius 2 is 0.767 bits per heavy atom. The van der Waals surface area contributed by atoms with Gasteiger partial charge in [0.05, 0.1) is 13.1 Å². The first kappa shape index (κ1) is 69.4. The van der Waals surface area contributed by atoms with Crippen LogP contribution in [0.5, 0.6) is 0 Å². The van der Waals surface area contributed by atoms with Gasteiger partial charge in [0.15, 0.2) is 29.8 Å². The molecule has 468 valence electrons. The summed E-state index contributed by atoms with van der Waals surface area (Å²) in [6.07, 6.45) is 0.284. The zero-order valence-corrected chi connectivity index (χ0v) is 47.1. The van der Waals surface area contributed by atoms with E-state index in [1.165, 1.54) is 24.3 Å². The molecule has 5 atom stereocenters. The van der Waals surface area contributed by atoms with Crippen LogP contribution < -0.4 is 106 Å². The van der Waals surface area contributed by atoms with Crippen LogP contribution >= 0.6 is 0 Å². The van der Waals surface area contributed by atoms with E-state index in [9.17, 15) is 43.2 Å². The molecule has 0 fully saturated rings. The first-order valence-electron chi connectivity index (χ1n) is 26.8. The van der Waals surface area contributed by atoms with Crippen molar-refractivity contribution in [1.29, 1.82) is 0 Å². The van der Waals surface area contributed by atoms with Crippen LogP contribution in [0.2, 0.25) is 0 Å². The number of guanidine groups is 5. The molecule has 0 unspecified atom stereocenters. The zero-order chi connectivity index (χ0) is 63.6. The lowest BCUT2D eigenvalue weighted by Gasteiger charge is -2.27. The number of carbonyl (C=O) groups is 9. The summed E-state index contributed by atoms with van der Waals surface area (Å²) in [6.45, 7) is -1.07. The second kappa shape index (κ2) is 37.2. The minimum Gasteiger partial charge on any atom is -0.370 e. The number of hydrogen-bond acceptors (Lipinski definition) is 17. The summed E-state index contributed by atoms with van der Waals surface area (Å²) in [5.74, 6) is -7.92. The summed E-state index contributed by atoms with van der Waals surface area (Å²) in [4.78, 5) is 141. The van der Waals surface area contributed by atoms with Gasteiger partial charge in [-0.05, 0) is 106 Å². The number of aliphatic imine (C=N–C) groups is 5. The van der Waals surface area contributed by atoms with E-state index in [1.54, 1.807) is 24.3 Å². The summed E-state index contributed by atoms with van der Waals surface area (Å²) in [5.41, 5.74) is 61.9. The van der Waals surface area contributed by atoms with Crippen molar-refractivity contribution >= 4 is 88.6 Å². The molecule has 37 nitrogen and oxygen atoms in total. The lowest BCUT2D eigenvalue weighted by Crippen LogP contribution is -2.59. The van der Waals surface area contributed by atoms with E-state index in [0.29, 0.717) is 22.6 Å². The predicted molar refractivity (Wildman–Crippen MR) is 318 cm³/mol. The summed E-state index contributed by atoms with van der Waals surface area (Å²) >= 11 is 0. The second-order valence-corrected chi connectivity index (χ2v) is 18.8. The highest BCUT2D eigenvalue weighted by molar-refractivity contribution is 6.05. The fraction of sp³-hybridized carbons (Fsp3) is 0.449. The van der Waals surface area contributed by atoms with Crippen LogP contribution in [-0.2, 0) is 33.6 Å². The number of hydrogen-bond donors (Lipinski definition) is 20. The number of anilines is 1. The number of benzene rings is 2. The fourth-order valence-electron chi connectivity index (χ4n) is 7.68. The number of aromatic nitrogens is 4. The largest absolute Gasteiger partial charge is 0.370 e. The van der Waals surface area contributed by atoms with Gasteiger partial charge in [0.2, 0.25) is 47.2 Å². The predicted octanol–water partition coefficient (Wildman–Crippen LogP) is -7.86. The third-order valence-electron chi connectivity index (χ3n) is 11.9. The van der Waals surface area contributed by atoms with E-state index in [4.69, 9.17) is 63.1 Å². The van der Waals surface area contributed by atoms with E-state index < -0.39 is 96.5 Å². The van der Waals surface area contributed by atoms with Gasteiger partial charge >= 0.3 is 0 Å². The Bertz CT molecular complexity index is 2880. The molecule has 0 saturated heterocycles. The zero-order valence-electron chi connectivity index (χ0n) is 47.1. The Labute approximate surface area is 493 Å². The van der Waals surface area contributed by atoms with Gasteiger partial charge in [-0.15, -0.1) is 10.2 Å². The lowest BCUT2D eigenvalue weighted by atomic mass is 10.0. The molecule has 9 amide bonds. The quantitative estimate of drug-likeness (QED) is 0.0144. The molecule has 0 bridgehead atoms. The first-order valence-corrected chi connectivity index (χ1v) is 26.8. The van der Waals surface area contributed by atoms with Crippen molar-refractivity contribution < 1.29 is 43.2 Å². The molecule has 0 radical (unpaired) electrons. The van der Waals surface area contributed by atoms with Crippen molar-refractivity contribution in [3.63, 3.8) is 0 Å². The van der Waals surface area contributed by atoms with Gasteiger partial charge in [0.25, 0.3) is 11.8 Å². The molecular formula is C49H78N28O9. The van der Waals surface area contributed by atoms with Crippen molar-refractivity contribution in [2.24, 2.45) is 88.0 Å². The second-order valence-electron chi connectivity index (χ2n) is 18.8. The summed E-state index contributed by atoms with van der Waals surface area (Å²) < 4.78 is 0. The molecule has 2 aromatic carbocycles. The van der Waals surface area contributed by atoms with E-state index in [0.717, 1.165) is 0 Å². The molecule has 31 N–H and O–H groups in total. The van der Waals surface area contributed by atoms with Gasteiger partial charge in [-0.2, -0.15) is 5.21 Å². The van der Waals surface area contributed by atoms with Crippen molar-refractivity contribution in [3.8, 4) is 11.4 Å². The van der Waals surface area contributed by atoms with Gasteiger partial charge in [-0.1, -0.05) is 12.1 Å². The van der Waals surface area contributed by atoms with E-state index >= 15 is 0 Å². The number of tetrazole rings is 1. The van der Waals surface area contributed by atoms with Gasteiger partial charge in [-0.25, -0.2) is 0 Å². The van der Waals surface area contributed by atoms with Crippen LogP contribution in [0.15, 0.2) is 73.5 Å². The SMILES string of the molecule is NC(=O)[C@H](CCCN=C(N)N)NC(=O)[C@@H](CCCN=C(N)N)NC(=O)[C@H](CCCN=C(N)N)NC(=O)[C@@H](CCCN=C(N)N)NC(=O)[C@H](CCCN=C(N)N)NC(=O)CNC(=O)CNC(=O)c1ccc(NC(=O)c2ccc(-c3nn[nH]n3)cc2)cc1. The minimum atomic E-state index is -1.44. The van der Waals surface area contributed by atoms with E-state index in [-0.39, 0.29) is 132 Å². The summed E-state index contributed by atoms with van der Waals surface area (Å²) in [7, 11) is 0. The van der Waals surface area contributed by atoms with Crippen LogP contribution in [-0.4, -0.2) is 180 Å². The monoisotopic (exact) mass is 1200 g/mol. The standard InChI is InChI=1S/C49H78N28O9/c50-37(80)30(6-1-19-61-45(51)52)70-42(84)32(8-3-21-63-47(55)56)72-44(86)34(10-5-23-65-49(59)60)73-43(85)33(9-4-22-64-48(57)58)71-41(83)31(7-2-20-62-46(53)54)69-36(79)25-66-35(78)24-67-39(81)27-15-17-29(18-16-27)68-40(82)28-13-11-26(12-14-28)38-74-76-77-75-38/h11-18,30-34H,1-10,19-25H2,(H2,50,80)(H,66,78)(H,67,81)(H,68,82)(H,69,79)(H,70,84)(H,71,83)(H,72,86)(H,73,85)(H4,51,52,61)(H4,53,54,62)(H4,55,56,63)(H4,57,58,64)(H4,59,60,65)(H,74,75,76,77)/t30-,31-,32+,33+,34-/m0/s1. The Morgan fingerprint density at radius 3 is 1.14 bits per heavy atom. The number of rotatable bonds is 38. The molecule has 86 heavy (non-hydrogen) atoms. The Kier molecular flexibility index (Phi) is 30.0. The molecule has 0 aliphatic heterocycles. The van der Waals surface area contributed by atoms with Crippen molar-refractivity contribution in [3.05, 3.63) is 59.7 Å². The van der Waals surface area contributed by atoms with Crippen molar-refractivity contribution in [2.75, 3.05) is 51.1 Å². The van der Waals surface area contributed by atoms with E-state index in [2.05, 4.69) is 88.1 Å². The van der Waals surface area contributed by atoms with Gasteiger partial charge in [-0.3, -0.25) is 68.1 Å². The molecule has 0 saturated carbocycles. The number of primary amides is 1. The smallest absolute Gasteiger partial charge is 0.255 e. The highest BCUT2D eigenvalue weighted by Gasteiger charge is 2.32. The van der Waals surface area contributed by atoms with Crippen LogP contribution in [0.4, 0.5) is 5.69 Å². The lowest BCUT2D eigenvalue weighted by molar-refractivity contribution is -0.135. The summed E-state index contributed by atoms with van der Waals surface area (Å²) in [6, 6.07) is 5.46. The summed E-state index contributed by atoms with van der Waals surface area (Å²) in [5, 5.41) is 34.1. The third-order valence-corrected chi connectivity index (χ3v) is 11.9. The third kappa shape index (κ3) is 27.7. The molecule has 3 rings (SSSR count). The van der Waals surface area contributed by atoms with Crippen LogP contribution in [0.25, 0.3) is 11.4 Å². The molecule has 1 aromatic heterocycles. The number of nitrogens with two attached hydrogens (primary N) is 11. The number of nitrogens with zero attached hydrogens (tertiary/aromatic N) is 8. The highest BCUT2D eigenvalue weighted by Crippen LogP contribution is 2.17. The van der Waals surface area contributed by atoms with Crippen LogP contribution in [0, 0.1) is 0 Å². The maximum absolute atomic E-state index is 14.4. The topological polar surface area (TPSA) is 652 Å². The fourth-order valence-corrected chi connectivity index (χ4v) is 7.68. The van der Waals surface area contributed by atoms with Crippen molar-refractivity contribution in [2.45, 2.75) is 94.4 Å². The molecule has 0 aliphatic carbocycles. The Morgan fingerprint density at radius 1 is 0.419 bits per heavy atom. The Balaban J connectivity index is 1.76. The number of carbonyl (C=O) groups excluding carboxylic acids is 9. The number of nitrogens with one attached hydrogen (secondary N) is 9. The number of amides is 9. The molecule has 0 aliphatic rings. The molecular weight excluding hydrogens is 1120 g/mol. The van der Waals surface area contributed by atoms with Crippen molar-refractivity contribution in [1.82, 2.24) is 57.8 Å². The van der Waals surface area contributed by atoms with Gasteiger partial charge < -0.3 is 106 Å². The number of aromatic amines is 1.